The minimum Gasteiger partial charge on any atom is -0.378 e. The van der Waals surface area contributed by atoms with Crippen LogP contribution in [0, 0.1) is 0 Å². The lowest BCUT2D eigenvalue weighted by atomic mass is 10.0. The van der Waals surface area contributed by atoms with Gasteiger partial charge in [0.05, 0.1) is 19.3 Å². The van der Waals surface area contributed by atoms with Gasteiger partial charge in [0.1, 0.15) is 6.04 Å². The van der Waals surface area contributed by atoms with E-state index in [9.17, 15) is 4.79 Å². The molecule has 1 aliphatic rings. The zero-order valence-electron chi connectivity index (χ0n) is 11.3. The first-order chi connectivity index (χ1) is 9.15. The third kappa shape index (κ3) is 3.14. The minimum absolute atomic E-state index is 0.0121. The van der Waals surface area contributed by atoms with Crippen LogP contribution in [-0.4, -0.2) is 49.7 Å². The van der Waals surface area contributed by atoms with Gasteiger partial charge in [-0.05, 0) is 18.4 Å². The molecule has 3 N–H and O–H groups in total. The van der Waals surface area contributed by atoms with E-state index >= 15 is 0 Å². The van der Waals surface area contributed by atoms with Crippen molar-refractivity contribution in [3.05, 3.63) is 22.4 Å². The van der Waals surface area contributed by atoms with Crippen LogP contribution in [0.15, 0.2) is 17.5 Å². The molecule has 1 fully saturated rings. The Labute approximate surface area is 117 Å². The summed E-state index contributed by atoms with van der Waals surface area (Å²) in [6.07, 6.45) is 0. The Bertz CT molecular complexity index is 408. The molecule has 1 amide bonds. The van der Waals surface area contributed by atoms with Crippen molar-refractivity contribution in [1.82, 2.24) is 10.2 Å². The Morgan fingerprint density at radius 1 is 1.68 bits per heavy atom. The maximum atomic E-state index is 12.0. The summed E-state index contributed by atoms with van der Waals surface area (Å²) in [5.74, 6) is -0.0121. The van der Waals surface area contributed by atoms with Crippen molar-refractivity contribution in [2.45, 2.75) is 25.0 Å². The van der Waals surface area contributed by atoms with E-state index < -0.39 is 0 Å². The predicted octanol–water partition coefficient (Wildman–Crippen LogP) is 0.583. The second-order valence-corrected chi connectivity index (χ2v) is 5.74. The normalized spacial score (nSPS) is 23.8. The monoisotopic (exact) mass is 283 g/mol. The average Bonchev–Trinajstić information content (AvgIpc) is 2.92. The van der Waals surface area contributed by atoms with E-state index in [4.69, 9.17) is 10.5 Å². The van der Waals surface area contributed by atoms with Gasteiger partial charge in [-0.2, -0.15) is 0 Å². The summed E-state index contributed by atoms with van der Waals surface area (Å²) >= 11 is 1.68. The fourth-order valence-electron chi connectivity index (χ4n) is 2.53. The molecule has 3 unspecified atom stereocenters. The first kappa shape index (κ1) is 14.5. The molecule has 1 aromatic heterocycles. The molecule has 6 heteroatoms. The first-order valence-corrected chi connectivity index (χ1v) is 7.37. The number of nitrogens with two attached hydrogens (primary N) is 1. The van der Waals surface area contributed by atoms with Gasteiger partial charge >= 0.3 is 0 Å². The molecule has 1 aliphatic heterocycles. The number of nitrogens with one attached hydrogen (secondary N) is 1. The van der Waals surface area contributed by atoms with Crippen molar-refractivity contribution in [3.8, 4) is 0 Å². The number of nitrogens with zero attached hydrogens (tertiary/aromatic N) is 1. The maximum absolute atomic E-state index is 12.0. The maximum Gasteiger partial charge on any atom is 0.239 e. The molecule has 0 aliphatic carbocycles. The third-order valence-corrected chi connectivity index (χ3v) is 4.35. The van der Waals surface area contributed by atoms with Crippen LogP contribution in [0.3, 0.4) is 0 Å². The van der Waals surface area contributed by atoms with Gasteiger partial charge in [0.2, 0.25) is 5.91 Å². The van der Waals surface area contributed by atoms with Gasteiger partial charge < -0.3 is 15.8 Å². The van der Waals surface area contributed by atoms with Gasteiger partial charge in [-0.15, -0.1) is 11.3 Å². The van der Waals surface area contributed by atoms with Crippen LogP contribution >= 0.6 is 11.3 Å². The molecule has 1 aromatic rings. The molecule has 5 nitrogen and oxygen atoms in total. The van der Waals surface area contributed by atoms with Crippen LogP contribution in [0.25, 0.3) is 0 Å². The number of likely N-dealkylation sites (N-methyl/N-ethyl adjacent to an activating group) is 1. The minimum atomic E-state index is -0.267. The Morgan fingerprint density at radius 3 is 3.05 bits per heavy atom. The molecule has 0 saturated carbocycles. The first-order valence-electron chi connectivity index (χ1n) is 6.49. The van der Waals surface area contributed by atoms with Crippen molar-refractivity contribution in [3.63, 3.8) is 0 Å². The predicted molar refractivity (Wildman–Crippen MR) is 76.1 cm³/mol. The van der Waals surface area contributed by atoms with E-state index in [-0.39, 0.29) is 24.0 Å². The highest BCUT2D eigenvalue weighted by Crippen LogP contribution is 2.30. The number of morpholine rings is 1. The fourth-order valence-corrected chi connectivity index (χ4v) is 3.49. The summed E-state index contributed by atoms with van der Waals surface area (Å²) in [6.45, 7) is 3.78. The molecule has 19 heavy (non-hydrogen) atoms. The summed E-state index contributed by atoms with van der Waals surface area (Å²) in [5, 5.41) is 4.75. The second-order valence-electron chi connectivity index (χ2n) is 4.76. The van der Waals surface area contributed by atoms with E-state index in [1.54, 1.807) is 18.4 Å². The average molecular weight is 283 g/mol. The number of hydrogen-bond acceptors (Lipinski definition) is 5. The Kier molecular flexibility index (Phi) is 4.93. The molecular formula is C13H21N3O2S. The van der Waals surface area contributed by atoms with Crippen LogP contribution in [0.1, 0.15) is 17.8 Å². The lowest BCUT2D eigenvalue weighted by Crippen LogP contribution is -2.56. The molecule has 2 heterocycles. The smallest absolute Gasteiger partial charge is 0.239 e. The number of rotatable bonds is 4. The van der Waals surface area contributed by atoms with Gasteiger partial charge in [-0.25, -0.2) is 0 Å². The number of carbonyl (C=O) groups excluding carboxylic acids is 1. The van der Waals surface area contributed by atoms with Crippen molar-refractivity contribution in [2.75, 3.05) is 26.8 Å². The van der Waals surface area contributed by atoms with Gasteiger partial charge in [0, 0.05) is 24.5 Å². The molecule has 2 rings (SSSR count). The molecule has 0 bridgehead atoms. The fraction of sp³-hybridized carbons (Fsp3) is 0.615. The van der Waals surface area contributed by atoms with Crippen molar-refractivity contribution in [1.29, 1.82) is 0 Å². The third-order valence-electron chi connectivity index (χ3n) is 3.41. The van der Waals surface area contributed by atoms with Gasteiger partial charge in [-0.3, -0.25) is 9.69 Å². The highest BCUT2D eigenvalue weighted by atomic mass is 32.1. The summed E-state index contributed by atoms with van der Waals surface area (Å²) in [6, 6.07) is 3.85. The van der Waals surface area contributed by atoms with Crippen LogP contribution in [-0.2, 0) is 9.53 Å². The van der Waals surface area contributed by atoms with Crippen molar-refractivity contribution in [2.24, 2.45) is 5.73 Å². The number of thiophene rings is 1. The van der Waals surface area contributed by atoms with Gasteiger partial charge in [0.25, 0.3) is 0 Å². The second kappa shape index (κ2) is 6.47. The molecule has 1 saturated heterocycles. The Balaban J connectivity index is 2.25. The van der Waals surface area contributed by atoms with Gasteiger partial charge in [0.15, 0.2) is 0 Å². The van der Waals surface area contributed by atoms with Crippen molar-refractivity contribution < 1.29 is 9.53 Å². The molecule has 0 spiro atoms. The molecule has 106 valence electrons. The van der Waals surface area contributed by atoms with Crippen molar-refractivity contribution >= 4 is 17.2 Å². The van der Waals surface area contributed by atoms with E-state index in [1.807, 2.05) is 18.4 Å². The molecular weight excluding hydrogens is 262 g/mol. The van der Waals surface area contributed by atoms with Crippen LogP contribution in [0.2, 0.25) is 0 Å². The highest BCUT2D eigenvalue weighted by Gasteiger charge is 2.36. The summed E-state index contributed by atoms with van der Waals surface area (Å²) in [4.78, 5) is 15.4. The number of carbonyl (C=O) groups is 1. The standard InChI is InChI=1S/C13H21N3O2S/c1-9(14)12(11-4-3-7-19-11)16-5-6-18-8-10(16)13(17)15-2/h3-4,7,9-10,12H,5-6,8,14H2,1-2H3,(H,15,17). The quantitative estimate of drug-likeness (QED) is 0.848. The SMILES string of the molecule is CNC(=O)C1COCCN1C(c1cccs1)C(C)N. The van der Waals surface area contributed by atoms with E-state index in [0.29, 0.717) is 13.2 Å². The van der Waals surface area contributed by atoms with Gasteiger partial charge in [-0.1, -0.05) is 6.07 Å². The topological polar surface area (TPSA) is 67.6 Å². The Morgan fingerprint density at radius 2 is 2.47 bits per heavy atom. The highest BCUT2D eigenvalue weighted by molar-refractivity contribution is 7.10. The summed E-state index contributed by atoms with van der Waals surface area (Å²) < 4.78 is 5.44. The largest absolute Gasteiger partial charge is 0.378 e. The van der Waals surface area contributed by atoms with Crippen LogP contribution in [0.5, 0.6) is 0 Å². The summed E-state index contributed by atoms with van der Waals surface area (Å²) in [7, 11) is 1.65. The zero-order chi connectivity index (χ0) is 13.8. The Hall–Kier alpha value is -0.950. The number of ether oxygens (including phenoxy) is 1. The zero-order valence-corrected chi connectivity index (χ0v) is 12.2. The van der Waals surface area contributed by atoms with Crippen LogP contribution < -0.4 is 11.1 Å². The molecule has 0 aromatic carbocycles. The van der Waals surface area contributed by atoms with E-state index in [1.165, 1.54) is 4.88 Å². The lowest BCUT2D eigenvalue weighted by molar-refractivity contribution is -0.134. The van der Waals surface area contributed by atoms with E-state index in [2.05, 4.69) is 16.3 Å². The molecule has 3 atom stereocenters. The van der Waals surface area contributed by atoms with Crippen LogP contribution in [0.4, 0.5) is 0 Å². The number of hydrogen-bond donors (Lipinski definition) is 2. The lowest BCUT2D eigenvalue weighted by Gasteiger charge is -2.41. The molecule has 0 radical (unpaired) electrons. The number of amides is 1. The van der Waals surface area contributed by atoms with E-state index in [0.717, 1.165) is 6.54 Å². The summed E-state index contributed by atoms with van der Waals surface area (Å²) in [5.41, 5.74) is 6.16.